The van der Waals surface area contributed by atoms with Crippen molar-refractivity contribution in [2.24, 2.45) is 0 Å². The molecule has 0 aliphatic heterocycles. The van der Waals surface area contributed by atoms with Crippen LogP contribution >= 0.6 is 23.2 Å². The van der Waals surface area contributed by atoms with E-state index >= 15 is 0 Å². The second-order valence-electron chi connectivity index (χ2n) is 4.74. The number of hydrogen-bond donors (Lipinski definition) is 0. The molecule has 1 heterocycles. The van der Waals surface area contributed by atoms with Gasteiger partial charge in [0, 0.05) is 23.4 Å². The molecule has 0 fully saturated rings. The number of ether oxygens (including phenoxy) is 1. The minimum Gasteiger partial charge on any atom is -0.497 e. The standard InChI is InChI=1S/C17H13Cl2NO/c1-21-12-7-8-13-15(10-12)20-17(19)14(16(13)18)9-11-5-3-2-4-6-11/h2-8,10H,9H2,1H3. The quantitative estimate of drug-likeness (QED) is 0.624. The fourth-order valence-corrected chi connectivity index (χ4v) is 2.91. The van der Waals surface area contributed by atoms with Gasteiger partial charge in [-0.25, -0.2) is 4.98 Å². The van der Waals surface area contributed by atoms with Crippen molar-refractivity contribution in [2.45, 2.75) is 6.42 Å². The maximum Gasteiger partial charge on any atom is 0.134 e. The van der Waals surface area contributed by atoms with Gasteiger partial charge < -0.3 is 4.74 Å². The topological polar surface area (TPSA) is 22.1 Å². The molecule has 0 atom stereocenters. The summed E-state index contributed by atoms with van der Waals surface area (Å²) in [5.41, 5.74) is 2.74. The highest BCUT2D eigenvalue weighted by Gasteiger charge is 2.13. The van der Waals surface area contributed by atoms with E-state index in [-0.39, 0.29) is 0 Å². The van der Waals surface area contributed by atoms with Crippen LogP contribution in [-0.4, -0.2) is 12.1 Å². The Bertz CT molecular complexity index is 788. The van der Waals surface area contributed by atoms with E-state index in [1.807, 2.05) is 48.5 Å². The van der Waals surface area contributed by atoms with Gasteiger partial charge in [0.05, 0.1) is 17.6 Å². The molecule has 1 aromatic heterocycles. The number of halogens is 2. The zero-order valence-electron chi connectivity index (χ0n) is 11.4. The molecule has 0 aliphatic rings. The van der Waals surface area contributed by atoms with E-state index in [1.165, 1.54) is 0 Å². The fourth-order valence-electron chi connectivity index (χ4n) is 2.29. The summed E-state index contributed by atoms with van der Waals surface area (Å²) in [6, 6.07) is 15.7. The Morgan fingerprint density at radius 1 is 1.05 bits per heavy atom. The molecular formula is C17H13Cl2NO. The normalized spacial score (nSPS) is 10.8. The SMILES string of the molecule is COc1ccc2c(Cl)c(Cc3ccccc3)c(Cl)nc2c1. The van der Waals surface area contributed by atoms with Crippen LogP contribution in [0.3, 0.4) is 0 Å². The maximum atomic E-state index is 6.53. The minimum absolute atomic E-state index is 0.435. The molecule has 2 nitrogen and oxygen atoms in total. The van der Waals surface area contributed by atoms with Crippen LogP contribution in [0.4, 0.5) is 0 Å². The molecule has 2 aromatic carbocycles. The largest absolute Gasteiger partial charge is 0.497 e. The molecule has 0 aliphatic carbocycles. The van der Waals surface area contributed by atoms with E-state index < -0.39 is 0 Å². The van der Waals surface area contributed by atoms with Gasteiger partial charge in [-0.1, -0.05) is 53.5 Å². The van der Waals surface area contributed by atoms with E-state index in [0.717, 1.165) is 27.8 Å². The molecule has 0 saturated carbocycles. The number of fused-ring (bicyclic) bond motifs is 1. The summed E-state index contributed by atoms with van der Waals surface area (Å²) >= 11 is 12.8. The number of rotatable bonds is 3. The van der Waals surface area contributed by atoms with Crippen molar-refractivity contribution in [2.75, 3.05) is 7.11 Å². The molecular weight excluding hydrogens is 305 g/mol. The van der Waals surface area contributed by atoms with E-state index in [1.54, 1.807) is 7.11 Å². The van der Waals surface area contributed by atoms with E-state index in [4.69, 9.17) is 27.9 Å². The third-order valence-corrected chi connectivity index (χ3v) is 4.14. The Hall–Kier alpha value is -1.77. The van der Waals surface area contributed by atoms with Crippen molar-refractivity contribution in [3.05, 3.63) is 69.8 Å². The Morgan fingerprint density at radius 3 is 2.52 bits per heavy atom. The number of hydrogen-bond acceptors (Lipinski definition) is 2. The van der Waals surface area contributed by atoms with Crippen LogP contribution in [0.15, 0.2) is 48.5 Å². The second-order valence-corrected chi connectivity index (χ2v) is 5.48. The molecule has 0 spiro atoms. The second kappa shape index (κ2) is 5.92. The Balaban J connectivity index is 2.11. The predicted octanol–water partition coefficient (Wildman–Crippen LogP) is 5.14. The highest BCUT2D eigenvalue weighted by atomic mass is 35.5. The lowest BCUT2D eigenvalue weighted by Gasteiger charge is -2.11. The number of aromatic nitrogens is 1. The monoisotopic (exact) mass is 317 g/mol. The first kappa shape index (κ1) is 14.2. The third kappa shape index (κ3) is 2.82. The Labute approximate surface area is 133 Å². The van der Waals surface area contributed by atoms with Crippen molar-refractivity contribution < 1.29 is 4.74 Å². The predicted molar refractivity (Wildman–Crippen MR) is 87.6 cm³/mol. The highest BCUT2D eigenvalue weighted by molar-refractivity contribution is 6.39. The zero-order valence-corrected chi connectivity index (χ0v) is 12.9. The molecule has 3 aromatic rings. The zero-order chi connectivity index (χ0) is 14.8. The molecule has 4 heteroatoms. The van der Waals surface area contributed by atoms with E-state index in [9.17, 15) is 0 Å². The smallest absolute Gasteiger partial charge is 0.134 e. The van der Waals surface area contributed by atoms with Gasteiger partial charge in [0.2, 0.25) is 0 Å². The van der Waals surface area contributed by atoms with Gasteiger partial charge in [0.25, 0.3) is 0 Å². The van der Waals surface area contributed by atoms with Crippen LogP contribution in [-0.2, 0) is 6.42 Å². The van der Waals surface area contributed by atoms with Gasteiger partial charge in [0.15, 0.2) is 0 Å². The average Bonchev–Trinajstić information content (AvgIpc) is 2.52. The lowest BCUT2D eigenvalue weighted by atomic mass is 10.0. The summed E-state index contributed by atoms with van der Waals surface area (Å²) in [6.07, 6.45) is 0.660. The summed E-state index contributed by atoms with van der Waals surface area (Å²) in [5.74, 6) is 0.734. The van der Waals surface area contributed by atoms with Crippen LogP contribution in [0.1, 0.15) is 11.1 Å². The van der Waals surface area contributed by atoms with Gasteiger partial charge in [0.1, 0.15) is 10.9 Å². The van der Waals surface area contributed by atoms with Crippen LogP contribution in [0.25, 0.3) is 10.9 Å². The lowest BCUT2D eigenvalue weighted by molar-refractivity contribution is 0.415. The lowest BCUT2D eigenvalue weighted by Crippen LogP contribution is -1.95. The first-order valence-electron chi connectivity index (χ1n) is 6.54. The van der Waals surface area contributed by atoms with Crippen LogP contribution in [0, 0.1) is 0 Å². The molecule has 0 radical (unpaired) electrons. The summed E-state index contributed by atoms with van der Waals surface area (Å²) in [4.78, 5) is 4.44. The van der Waals surface area contributed by atoms with Crippen LogP contribution < -0.4 is 4.74 Å². The number of methoxy groups -OCH3 is 1. The van der Waals surface area contributed by atoms with Crippen LogP contribution in [0.2, 0.25) is 10.2 Å². The summed E-state index contributed by atoms with van der Waals surface area (Å²) in [7, 11) is 1.62. The number of pyridine rings is 1. The minimum atomic E-state index is 0.435. The van der Waals surface area contributed by atoms with Gasteiger partial charge >= 0.3 is 0 Å². The van der Waals surface area contributed by atoms with Gasteiger partial charge in [-0.2, -0.15) is 0 Å². The van der Waals surface area contributed by atoms with E-state index in [0.29, 0.717) is 16.6 Å². The number of benzene rings is 2. The molecule has 21 heavy (non-hydrogen) atoms. The first-order valence-corrected chi connectivity index (χ1v) is 7.30. The Morgan fingerprint density at radius 2 is 1.81 bits per heavy atom. The van der Waals surface area contributed by atoms with Gasteiger partial charge in [-0.3, -0.25) is 0 Å². The number of nitrogens with zero attached hydrogens (tertiary/aromatic N) is 1. The maximum absolute atomic E-state index is 6.53. The fraction of sp³-hybridized carbons (Fsp3) is 0.118. The van der Waals surface area contributed by atoms with Gasteiger partial charge in [-0.15, -0.1) is 0 Å². The van der Waals surface area contributed by atoms with Crippen LogP contribution in [0.5, 0.6) is 5.75 Å². The summed E-state index contributed by atoms with van der Waals surface area (Å²) in [5, 5.41) is 1.97. The highest BCUT2D eigenvalue weighted by Crippen LogP contribution is 2.33. The van der Waals surface area contributed by atoms with Crippen molar-refractivity contribution >= 4 is 34.1 Å². The molecule has 3 rings (SSSR count). The average molecular weight is 318 g/mol. The summed E-state index contributed by atoms with van der Waals surface area (Å²) < 4.78 is 5.20. The van der Waals surface area contributed by atoms with Crippen molar-refractivity contribution in [3.8, 4) is 5.75 Å². The van der Waals surface area contributed by atoms with E-state index in [2.05, 4.69) is 4.98 Å². The first-order chi connectivity index (χ1) is 10.2. The third-order valence-electron chi connectivity index (χ3n) is 3.40. The molecule has 0 saturated heterocycles. The van der Waals surface area contributed by atoms with Crippen molar-refractivity contribution in [3.63, 3.8) is 0 Å². The van der Waals surface area contributed by atoms with Crippen molar-refractivity contribution in [1.29, 1.82) is 0 Å². The van der Waals surface area contributed by atoms with Gasteiger partial charge in [-0.05, 0) is 17.7 Å². The molecule has 0 unspecified atom stereocenters. The molecule has 0 bridgehead atoms. The Kier molecular flexibility index (Phi) is 4.00. The molecule has 0 amide bonds. The molecule has 0 N–H and O–H groups in total. The van der Waals surface area contributed by atoms with Crippen molar-refractivity contribution in [1.82, 2.24) is 4.98 Å². The molecule has 106 valence electrons. The summed E-state index contributed by atoms with van der Waals surface area (Å²) in [6.45, 7) is 0.